The lowest BCUT2D eigenvalue weighted by Gasteiger charge is -2.05. The van der Waals surface area contributed by atoms with Gasteiger partial charge in [-0.2, -0.15) is 15.4 Å². The van der Waals surface area contributed by atoms with Crippen molar-refractivity contribution in [3.05, 3.63) is 47.3 Å². The van der Waals surface area contributed by atoms with E-state index in [0.717, 1.165) is 11.1 Å². The molecule has 1 amide bonds. The van der Waals surface area contributed by atoms with Crippen LogP contribution in [0.1, 0.15) is 21.6 Å². The van der Waals surface area contributed by atoms with Crippen LogP contribution in [0.4, 0.5) is 0 Å². The maximum atomic E-state index is 11.6. The summed E-state index contributed by atoms with van der Waals surface area (Å²) in [6.07, 6.45) is 1.39. The molecule has 0 aliphatic heterocycles. The lowest BCUT2D eigenvalue weighted by molar-refractivity contribution is 0.0946. The van der Waals surface area contributed by atoms with Crippen molar-refractivity contribution in [3.8, 4) is 0 Å². The Morgan fingerprint density at radius 1 is 1.44 bits per heavy atom. The topological polar surface area (TPSA) is 79.9 Å². The smallest absolute Gasteiger partial charge is 0.273 e. The summed E-state index contributed by atoms with van der Waals surface area (Å²) >= 11 is 0. The Bertz CT molecular complexity index is 511. The van der Waals surface area contributed by atoms with Crippen LogP contribution in [0.2, 0.25) is 0 Å². The molecular formula is C12H14N4O2. The first kappa shape index (κ1) is 12.3. The van der Waals surface area contributed by atoms with Gasteiger partial charge in [-0.3, -0.25) is 4.79 Å². The zero-order valence-corrected chi connectivity index (χ0v) is 10.0. The summed E-state index contributed by atoms with van der Waals surface area (Å²) < 4.78 is 5.06. The molecule has 94 valence electrons. The van der Waals surface area contributed by atoms with Gasteiger partial charge in [0.1, 0.15) is 0 Å². The van der Waals surface area contributed by atoms with E-state index in [-0.39, 0.29) is 11.6 Å². The number of carbonyl (C=O) groups excluding carboxylic acids is 1. The minimum atomic E-state index is -0.249. The second-order valence-corrected chi connectivity index (χ2v) is 3.79. The maximum absolute atomic E-state index is 11.6. The van der Waals surface area contributed by atoms with Gasteiger partial charge in [0.25, 0.3) is 5.91 Å². The number of benzene rings is 1. The van der Waals surface area contributed by atoms with E-state index >= 15 is 0 Å². The molecule has 0 fully saturated rings. The number of hydrogen-bond acceptors (Lipinski definition) is 4. The zero-order valence-electron chi connectivity index (χ0n) is 10.0. The number of aromatic amines is 1. The van der Waals surface area contributed by atoms with Gasteiger partial charge < -0.3 is 10.1 Å². The molecule has 0 unspecified atom stereocenters. The summed E-state index contributed by atoms with van der Waals surface area (Å²) in [4.78, 5) is 11.6. The van der Waals surface area contributed by atoms with Crippen LogP contribution in [0.5, 0.6) is 0 Å². The van der Waals surface area contributed by atoms with Crippen LogP contribution in [0.15, 0.2) is 30.5 Å². The fraction of sp³-hybridized carbons (Fsp3) is 0.250. The Labute approximate surface area is 104 Å². The van der Waals surface area contributed by atoms with E-state index in [9.17, 15) is 4.79 Å². The van der Waals surface area contributed by atoms with Gasteiger partial charge in [0.2, 0.25) is 0 Å². The van der Waals surface area contributed by atoms with Crippen molar-refractivity contribution in [1.29, 1.82) is 0 Å². The highest BCUT2D eigenvalue weighted by Crippen LogP contribution is 2.06. The summed E-state index contributed by atoms with van der Waals surface area (Å²) in [6.45, 7) is 1.01. The first-order valence-corrected chi connectivity index (χ1v) is 5.50. The molecule has 1 aromatic carbocycles. The molecule has 6 nitrogen and oxygen atoms in total. The number of carbonyl (C=O) groups is 1. The average Bonchev–Trinajstić information content (AvgIpc) is 2.91. The van der Waals surface area contributed by atoms with E-state index in [1.807, 2.05) is 24.3 Å². The summed E-state index contributed by atoms with van der Waals surface area (Å²) in [5.41, 5.74) is 2.37. The van der Waals surface area contributed by atoms with E-state index in [4.69, 9.17) is 4.74 Å². The molecule has 6 heteroatoms. The van der Waals surface area contributed by atoms with Gasteiger partial charge in [0.05, 0.1) is 12.8 Å². The number of ether oxygens (including phenoxy) is 1. The van der Waals surface area contributed by atoms with Crippen molar-refractivity contribution in [3.63, 3.8) is 0 Å². The van der Waals surface area contributed by atoms with E-state index in [2.05, 4.69) is 20.7 Å². The molecule has 0 saturated carbocycles. The van der Waals surface area contributed by atoms with Gasteiger partial charge in [0, 0.05) is 13.7 Å². The van der Waals surface area contributed by atoms with Gasteiger partial charge in [-0.15, -0.1) is 0 Å². The molecule has 1 heterocycles. The van der Waals surface area contributed by atoms with Crippen molar-refractivity contribution >= 4 is 5.91 Å². The Hall–Kier alpha value is -2.21. The Kier molecular flexibility index (Phi) is 4.03. The highest BCUT2D eigenvalue weighted by atomic mass is 16.5. The lowest BCUT2D eigenvalue weighted by atomic mass is 10.1. The number of methoxy groups -OCH3 is 1. The standard InChI is InChI=1S/C12H14N4O2/c1-18-8-10-4-2-3-9(5-10)6-13-12(17)11-7-14-16-15-11/h2-5,7H,6,8H2,1H3,(H,13,17)(H,14,15,16). The minimum Gasteiger partial charge on any atom is -0.380 e. The highest BCUT2D eigenvalue weighted by Gasteiger charge is 2.07. The largest absolute Gasteiger partial charge is 0.380 e. The van der Waals surface area contributed by atoms with Crippen LogP contribution in [-0.4, -0.2) is 28.4 Å². The van der Waals surface area contributed by atoms with Gasteiger partial charge in [-0.1, -0.05) is 24.3 Å². The van der Waals surface area contributed by atoms with Crippen LogP contribution >= 0.6 is 0 Å². The quantitative estimate of drug-likeness (QED) is 0.820. The molecule has 0 bridgehead atoms. The molecule has 0 aliphatic carbocycles. The number of nitrogens with zero attached hydrogens (tertiary/aromatic N) is 2. The number of hydrogen-bond donors (Lipinski definition) is 2. The third-order valence-electron chi connectivity index (χ3n) is 2.40. The number of rotatable bonds is 5. The monoisotopic (exact) mass is 246 g/mol. The molecular weight excluding hydrogens is 232 g/mol. The number of amides is 1. The predicted octanol–water partition coefficient (Wildman–Crippen LogP) is 0.881. The van der Waals surface area contributed by atoms with Crippen molar-refractivity contribution in [2.45, 2.75) is 13.2 Å². The summed E-state index contributed by atoms with van der Waals surface area (Å²) in [5, 5.41) is 12.5. The Morgan fingerprint density at radius 2 is 2.28 bits per heavy atom. The maximum Gasteiger partial charge on any atom is 0.273 e. The first-order chi connectivity index (χ1) is 8.79. The third kappa shape index (κ3) is 3.14. The third-order valence-corrected chi connectivity index (χ3v) is 2.40. The van der Waals surface area contributed by atoms with E-state index in [1.165, 1.54) is 6.20 Å². The van der Waals surface area contributed by atoms with Gasteiger partial charge in [0.15, 0.2) is 5.69 Å². The van der Waals surface area contributed by atoms with E-state index in [1.54, 1.807) is 7.11 Å². The lowest BCUT2D eigenvalue weighted by Crippen LogP contribution is -2.23. The number of H-pyrrole nitrogens is 1. The Morgan fingerprint density at radius 3 is 3.00 bits per heavy atom. The molecule has 0 atom stereocenters. The molecule has 2 aromatic rings. The minimum absolute atomic E-state index is 0.249. The number of nitrogens with one attached hydrogen (secondary N) is 2. The van der Waals surface area contributed by atoms with Crippen LogP contribution in [0.3, 0.4) is 0 Å². The molecule has 0 aliphatic rings. The number of aromatic nitrogens is 3. The molecule has 0 spiro atoms. The van der Waals surface area contributed by atoms with E-state index in [0.29, 0.717) is 13.2 Å². The average molecular weight is 246 g/mol. The second kappa shape index (κ2) is 5.92. The summed E-state index contributed by atoms with van der Waals surface area (Å²) in [7, 11) is 1.65. The van der Waals surface area contributed by atoms with Gasteiger partial charge in [-0.05, 0) is 11.1 Å². The highest BCUT2D eigenvalue weighted by molar-refractivity contribution is 5.91. The normalized spacial score (nSPS) is 10.3. The van der Waals surface area contributed by atoms with E-state index < -0.39 is 0 Å². The SMILES string of the molecule is COCc1cccc(CNC(=O)c2cn[nH]n2)c1. The van der Waals surface area contributed by atoms with Gasteiger partial charge >= 0.3 is 0 Å². The summed E-state index contributed by atoms with van der Waals surface area (Å²) in [5.74, 6) is -0.249. The van der Waals surface area contributed by atoms with Crippen LogP contribution < -0.4 is 5.32 Å². The van der Waals surface area contributed by atoms with Crippen molar-refractivity contribution in [2.75, 3.05) is 7.11 Å². The van der Waals surface area contributed by atoms with Crippen molar-refractivity contribution in [2.24, 2.45) is 0 Å². The molecule has 18 heavy (non-hydrogen) atoms. The fourth-order valence-electron chi connectivity index (χ4n) is 1.58. The molecule has 0 radical (unpaired) electrons. The molecule has 2 rings (SSSR count). The zero-order chi connectivity index (χ0) is 12.8. The second-order valence-electron chi connectivity index (χ2n) is 3.79. The van der Waals surface area contributed by atoms with Gasteiger partial charge in [-0.25, -0.2) is 0 Å². The van der Waals surface area contributed by atoms with Crippen molar-refractivity contribution < 1.29 is 9.53 Å². The van der Waals surface area contributed by atoms with Crippen LogP contribution in [-0.2, 0) is 17.9 Å². The Balaban J connectivity index is 1.93. The first-order valence-electron chi connectivity index (χ1n) is 5.50. The predicted molar refractivity (Wildman–Crippen MR) is 64.7 cm³/mol. The van der Waals surface area contributed by atoms with Crippen LogP contribution in [0, 0.1) is 0 Å². The summed E-state index contributed by atoms with van der Waals surface area (Å²) in [6, 6.07) is 7.85. The molecule has 0 saturated heterocycles. The van der Waals surface area contributed by atoms with Crippen molar-refractivity contribution in [1.82, 2.24) is 20.7 Å². The molecule has 1 aromatic heterocycles. The molecule has 2 N–H and O–H groups in total. The fourth-order valence-corrected chi connectivity index (χ4v) is 1.58. The van der Waals surface area contributed by atoms with Crippen LogP contribution in [0.25, 0.3) is 0 Å².